The number of hydrogen-bond donors (Lipinski definition) is 0. The molecule has 1 aliphatic heterocycles. The van der Waals surface area contributed by atoms with Crippen LogP contribution in [0.2, 0.25) is 5.02 Å². The standard InChI is InChI=1S/C18H17ClF3NO4S/c19-14-3-7-17(8-4-14)28(24,25)23-9-10-26-12-16(11-23)27-15-5-1-13(2-6-15)18(20,21)22/h1-8,16H,9-12H2/t16-/m1/s1. The van der Waals surface area contributed by atoms with Crippen molar-refractivity contribution in [3.63, 3.8) is 0 Å². The predicted molar refractivity (Wildman–Crippen MR) is 96.9 cm³/mol. The van der Waals surface area contributed by atoms with Gasteiger partial charge in [-0.2, -0.15) is 17.5 Å². The van der Waals surface area contributed by atoms with E-state index in [2.05, 4.69) is 0 Å². The topological polar surface area (TPSA) is 55.8 Å². The van der Waals surface area contributed by atoms with Gasteiger partial charge in [-0.25, -0.2) is 8.42 Å². The van der Waals surface area contributed by atoms with E-state index in [1.54, 1.807) is 0 Å². The summed E-state index contributed by atoms with van der Waals surface area (Å²) in [5.41, 5.74) is -0.788. The Morgan fingerprint density at radius 2 is 1.71 bits per heavy atom. The van der Waals surface area contributed by atoms with Gasteiger partial charge < -0.3 is 9.47 Å². The Labute approximate surface area is 165 Å². The molecule has 5 nitrogen and oxygen atoms in total. The van der Waals surface area contributed by atoms with Crippen molar-refractivity contribution < 1.29 is 31.1 Å². The number of nitrogens with zero attached hydrogens (tertiary/aromatic N) is 1. The maximum atomic E-state index is 12.9. The van der Waals surface area contributed by atoms with E-state index in [1.165, 1.54) is 40.7 Å². The molecular formula is C18H17ClF3NO4S. The molecule has 1 heterocycles. The van der Waals surface area contributed by atoms with Crippen LogP contribution in [0.15, 0.2) is 53.4 Å². The fraction of sp³-hybridized carbons (Fsp3) is 0.333. The molecule has 0 spiro atoms. The van der Waals surface area contributed by atoms with E-state index in [0.717, 1.165) is 12.1 Å². The molecule has 152 valence electrons. The minimum absolute atomic E-state index is 0.00593. The Bertz CT molecular complexity index is 902. The summed E-state index contributed by atoms with van der Waals surface area (Å²) in [5, 5.41) is 0.418. The van der Waals surface area contributed by atoms with Crippen molar-refractivity contribution in [2.24, 2.45) is 0 Å². The average Bonchev–Trinajstić information content (AvgIpc) is 2.88. The van der Waals surface area contributed by atoms with Gasteiger partial charge in [-0.15, -0.1) is 0 Å². The summed E-state index contributed by atoms with van der Waals surface area (Å²) >= 11 is 5.81. The normalized spacial score (nSPS) is 19.2. The fourth-order valence-electron chi connectivity index (χ4n) is 2.71. The Morgan fingerprint density at radius 3 is 2.32 bits per heavy atom. The summed E-state index contributed by atoms with van der Waals surface area (Å²) in [6.45, 7) is 0.442. The van der Waals surface area contributed by atoms with Crippen LogP contribution >= 0.6 is 11.6 Å². The Morgan fingerprint density at radius 1 is 1.07 bits per heavy atom. The zero-order valence-electron chi connectivity index (χ0n) is 14.5. The summed E-state index contributed by atoms with van der Waals surface area (Å²) in [7, 11) is -3.79. The lowest BCUT2D eigenvalue weighted by Gasteiger charge is -2.24. The number of halogens is 4. The minimum Gasteiger partial charge on any atom is -0.487 e. The van der Waals surface area contributed by atoms with E-state index >= 15 is 0 Å². The molecule has 2 aromatic rings. The van der Waals surface area contributed by atoms with Crippen LogP contribution in [0.5, 0.6) is 5.75 Å². The molecule has 3 rings (SSSR count). The molecule has 2 aromatic carbocycles. The smallest absolute Gasteiger partial charge is 0.416 e. The van der Waals surface area contributed by atoms with Gasteiger partial charge in [0.05, 0.1) is 30.2 Å². The van der Waals surface area contributed by atoms with Crippen molar-refractivity contribution in [3.8, 4) is 5.75 Å². The number of ether oxygens (including phenoxy) is 2. The number of rotatable bonds is 4. The number of sulfonamides is 1. The van der Waals surface area contributed by atoms with Crippen LogP contribution in [0.3, 0.4) is 0 Å². The molecule has 0 radical (unpaired) electrons. The first kappa shape index (κ1) is 20.9. The van der Waals surface area contributed by atoms with Gasteiger partial charge in [-0.1, -0.05) is 11.6 Å². The van der Waals surface area contributed by atoms with Gasteiger partial charge in [0.25, 0.3) is 0 Å². The lowest BCUT2D eigenvalue weighted by molar-refractivity contribution is -0.137. The molecule has 1 saturated heterocycles. The van der Waals surface area contributed by atoms with Crippen molar-refractivity contribution >= 4 is 21.6 Å². The van der Waals surface area contributed by atoms with Gasteiger partial charge in [0.15, 0.2) is 0 Å². The predicted octanol–water partition coefficient (Wildman–Crippen LogP) is 3.83. The van der Waals surface area contributed by atoms with Gasteiger partial charge in [-0.3, -0.25) is 0 Å². The molecule has 1 fully saturated rings. The SMILES string of the molecule is O=S(=O)(c1ccc(Cl)cc1)N1CCOC[C@H](Oc2ccc(C(F)(F)F)cc2)C1. The molecule has 10 heteroatoms. The van der Waals surface area contributed by atoms with Crippen molar-refractivity contribution in [2.45, 2.75) is 17.2 Å². The second kappa shape index (κ2) is 8.28. The highest BCUT2D eigenvalue weighted by Crippen LogP contribution is 2.30. The van der Waals surface area contributed by atoms with E-state index in [1.807, 2.05) is 0 Å². The molecule has 1 atom stereocenters. The second-order valence-electron chi connectivity index (χ2n) is 6.15. The summed E-state index contributed by atoms with van der Waals surface area (Å²) in [5.74, 6) is 0.201. The summed E-state index contributed by atoms with van der Waals surface area (Å²) in [6, 6.07) is 10.0. The van der Waals surface area contributed by atoms with E-state index < -0.39 is 27.9 Å². The van der Waals surface area contributed by atoms with Crippen molar-refractivity contribution in [1.82, 2.24) is 4.31 Å². The Balaban J connectivity index is 1.74. The third-order valence-corrected chi connectivity index (χ3v) is 6.26. The van der Waals surface area contributed by atoms with Gasteiger partial charge in [-0.05, 0) is 48.5 Å². The number of alkyl halides is 3. The molecule has 0 bridgehead atoms. The van der Waals surface area contributed by atoms with Gasteiger partial charge >= 0.3 is 6.18 Å². The van der Waals surface area contributed by atoms with E-state index in [0.29, 0.717) is 5.02 Å². The summed E-state index contributed by atoms with van der Waals surface area (Å²) in [4.78, 5) is 0.0899. The first-order chi connectivity index (χ1) is 13.2. The molecule has 0 amide bonds. The van der Waals surface area contributed by atoms with E-state index in [-0.39, 0.29) is 36.9 Å². The van der Waals surface area contributed by atoms with Crippen molar-refractivity contribution in [1.29, 1.82) is 0 Å². The quantitative estimate of drug-likeness (QED) is 0.732. The first-order valence-corrected chi connectivity index (χ1v) is 10.2. The third-order valence-electron chi connectivity index (χ3n) is 4.13. The molecule has 0 unspecified atom stereocenters. The van der Waals surface area contributed by atoms with Gasteiger partial charge in [0.1, 0.15) is 11.9 Å². The lowest BCUT2D eigenvalue weighted by atomic mass is 10.2. The maximum Gasteiger partial charge on any atom is 0.416 e. The molecular weight excluding hydrogens is 419 g/mol. The largest absolute Gasteiger partial charge is 0.487 e. The molecule has 1 aliphatic rings. The summed E-state index contributed by atoms with van der Waals surface area (Å²) < 4.78 is 76.0. The second-order valence-corrected chi connectivity index (χ2v) is 8.53. The van der Waals surface area contributed by atoms with Crippen LogP contribution in [0, 0.1) is 0 Å². The Kier molecular flexibility index (Phi) is 6.18. The first-order valence-electron chi connectivity index (χ1n) is 8.33. The van der Waals surface area contributed by atoms with Crippen LogP contribution in [0.25, 0.3) is 0 Å². The fourth-order valence-corrected chi connectivity index (χ4v) is 4.29. The van der Waals surface area contributed by atoms with Gasteiger partial charge in [0.2, 0.25) is 10.0 Å². The minimum atomic E-state index is -4.44. The van der Waals surface area contributed by atoms with Crippen LogP contribution in [-0.2, 0) is 20.9 Å². The lowest BCUT2D eigenvalue weighted by Crippen LogP contribution is -2.39. The zero-order valence-corrected chi connectivity index (χ0v) is 16.1. The van der Waals surface area contributed by atoms with Crippen LogP contribution in [0.4, 0.5) is 13.2 Å². The van der Waals surface area contributed by atoms with E-state index in [4.69, 9.17) is 21.1 Å². The molecule has 0 N–H and O–H groups in total. The van der Waals surface area contributed by atoms with Crippen LogP contribution in [-0.4, -0.2) is 45.1 Å². The van der Waals surface area contributed by atoms with Crippen molar-refractivity contribution in [2.75, 3.05) is 26.3 Å². The monoisotopic (exact) mass is 435 g/mol. The number of benzene rings is 2. The number of hydrogen-bond acceptors (Lipinski definition) is 4. The van der Waals surface area contributed by atoms with E-state index in [9.17, 15) is 21.6 Å². The molecule has 0 saturated carbocycles. The highest BCUT2D eigenvalue weighted by atomic mass is 35.5. The Hall–Kier alpha value is -1.81. The highest BCUT2D eigenvalue weighted by molar-refractivity contribution is 7.89. The van der Waals surface area contributed by atoms with Crippen molar-refractivity contribution in [3.05, 3.63) is 59.1 Å². The van der Waals surface area contributed by atoms with Crippen LogP contribution < -0.4 is 4.74 Å². The third kappa shape index (κ3) is 4.96. The molecule has 28 heavy (non-hydrogen) atoms. The van der Waals surface area contributed by atoms with Gasteiger partial charge in [0, 0.05) is 11.6 Å². The highest BCUT2D eigenvalue weighted by Gasteiger charge is 2.32. The average molecular weight is 436 g/mol. The maximum absolute atomic E-state index is 12.9. The van der Waals surface area contributed by atoms with Crippen LogP contribution in [0.1, 0.15) is 5.56 Å². The molecule has 0 aromatic heterocycles. The summed E-state index contributed by atoms with van der Waals surface area (Å²) in [6.07, 6.45) is -5.10. The molecule has 0 aliphatic carbocycles. The zero-order chi connectivity index (χ0) is 20.4.